The standard InChI is InChI=1S/C24H28N2O2/c1-2-23(27)26-16-13-21-17-20(11-12-22(21)26)18-7-9-19(10-8-18)24(28)25-14-5-3-4-6-15-25/h7-12,17H,2-6,13-16H2,1H3. The molecular weight excluding hydrogens is 348 g/mol. The summed E-state index contributed by atoms with van der Waals surface area (Å²) < 4.78 is 0. The van der Waals surface area contributed by atoms with Gasteiger partial charge in [-0.15, -0.1) is 0 Å². The van der Waals surface area contributed by atoms with E-state index in [2.05, 4.69) is 18.2 Å². The molecule has 0 spiro atoms. The van der Waals surface area contributed by atoms with E-state index in [0.29, 0.717) is 6.42 Å². The Bertz CT molecular complexity index is 865. The second-order valence-electron chi connectivity index (χ2n) is 7.78. The summed E-state index contributed by atoms with van der Waals surface area (Å²) in [4.78, 5) is 28.7. The lowest BCUT2D eigenvalue weighted by Crippen LogP contribution is -2.31. The SMILES string of the molecule is CCC(=O)N1CCc2cc(-c3ccc(C(=O)N4CCCCCC4)cc3)ccc21. The quantitative estimate of drug-likeness (QED) is 0.781. The zero-order valence-electron chi connectivity index (χ0n) is 16.6. The summed E-state index contributed by atoms with van der Waals surface area (Å²) in [5.41, 5.74) is 5.29. The van der Waals surface area contributed by atoms with Crippen molar-refractivity contribution in [2.24, 2.45) is 0 Å². The Morgan fingerprint density at radius 3 is 2.21 bits per heavy atom. The fraction of sp³-hybridized carbons (Fsp3) is 0.417. The Kier molecular flexibility index (Phi) is 5.47. The number of fused-ring (bicyclic) bond motifs is 1. The Morgan fingerprint density at radius 2 is 1.54 bits per heavy atom. The lowest BCUT2D eigenvalue weighted by atomic mass is 10.00. The van der Waals surface area contributed by atoms with E-state index in [4.69, 9.17) is 0 Å². The molecule has 2 amide bonds. The van der Waals surface area contributed by atoms with Gasteiger partial charge < -0.3 is 9.80 Å². The fourth-order valence-corrected chi connectivity index (χ4v) is 4.29. The van der Waals surface area contributed by atoms with Gasteiger partial charge in [0.2, 0.25) is 5.91 Å². The topological polar surface area (TPSA) is 40.6 Å². The van der Waals surface area contributed by atoms with Gasteiger partial charge in [0.25, 0.3) is 5.91 Å². The van der Waals surface area contributed by atoms with Gasteiger partial charge in [0.15, 0.2) is 0 Å². The van der Waals surface area contributed by atoms with Crippen LogP contribution in [-0.2, 0) is 11.2 Å². The third kappa shape index (κ3) is 3.68. The predicted octanol–water partition coefficient (Wildman–Crippen LogP) is 4.67. The molecule has 1 fully saturated rings. The highest BCUT2D eigenvalue weighted by Gasteiger charge is 2.23. The summed E-state index contributed by atoms with van der Waals surface area (Å²) in [6.45, 7) is 4.43. The van der Waals surface area contributed by atoms with Crippen LogP contribution in [0.15, 0.2) is 42.5 Å². The van der Waals surface area contributed by atoms with Crippen LogP contribution in [0.5, 0.6) is 0 Å². The molecule has 4 heteroatoms. The largest absolute Gasteiger partial charge is 0.339 e. The summed E-state index contributed by atoms with van der Waals surface area (Å²) in [6.07, 6.45) is 6.10. The minimum Gasteiger partial charge on any atom is -0.339 e. The van der Waals surface area contributed by atoms with Gasteiger partial charge in [-0.05, 0) is 60.2 Å². The van der Waals surface area contributed by atoms with Crippen molar-refractivity contribution < 1.29 is 9.59 Å². The first-order chi connectivity index (χ1) is 13.7. The van der Waals surface area contributed by atoms with Crippen LogP contribution in [0.2, 0.25) is 0 Å². The number of amides is 2. The van der Waals surface area contributed by atoms with Crippen LogP contribution >= 0.6 is 0 Å². The Balaban J connectivity index is 1.51. The van der Waals surface area contributed by atoms with E-state index >= 15 is 0 Å². The number of anilines is 1. The van der Waals surface area contributed by atoms with Gasteiger partial charge >= 0.3 is 0 Å². The molecule has 2 aromatic carbocycles. The third-order valence-electron chi connectivity index (χ3n) is 5.94. The minimum atomic E-state index is 0.149. The first kappa shape index (κ1) is 18.7. The first-order valence-corrected chi connectivity index (χ1v) is 10.5. The summed E-state index contributed by atoms with van der Waals surface area (Å²) >= 11 is 0. The average molecular weight is 377 g/mol. The molecule has 2 aliphatic heterocycles. The van der Waals surface area contributed by atoms with Crippen molar-refractivity contribution in [3.05, 3.63) is 53.6 Å². The van der Waals surface area contributed by atoms with E-state index < -0.39 is 0 Å². The average Bonchev–Trinajstić information content (AvgIpc) is 2.97. The minimum absolute atomic E-state index is 0.149. The van der Waals surface area contributed by atoms with E-state index in [0.717, 1.165) is 61.3 Å². The summed E-state index contributed by atoms with van der Waals surface area (Å²) in [6, 6.07) is 14.3. The van der Waals surface area contributed by atoms with Crippen molar-refractivity contribution in [3.8, 4) is 11.1 Å². The predicted molar refractivity (Wildman–Crippen MR) is 113 cm³/mol. The zero-order valence-corrected chi connectivity index (χ0v) is 16.6. The molecule has 0 unspecified atom stereocenters. The van der Waals surface area contributed by atoms with E-state index in [-0.39, 0.29) is 11.8 Å². The molecular formula is C24H28N2O2. The normalized spacial score (nSPS) is 16.6. The number of rotatable bonds is 3. The van der Waals surface area contributed by atoms with Crippen molar-refractivity contribution in [2.45, 2.75) is 45.4 Å². The van der Waals surface area contributed by atoms with Gasteiger partial charge in [-0.25, -0.2) is 0 Å². The van der Waals surface area contributed by atoms with E-state index in [9.17, 15) is 9.59 Å². The smallest absolute Gasteiger partial charge is 0.253 e. The molecule has 0 aromatic heterocycles. The lowest BCUT2D eigenvalue weighted by molar-refractivity contribution is -0.118. The summed E-state index contributed by atoms with van der Waals surface area (Å²) in [7, 11) is 0. The zero-order chi connectivity index (χ0) is 19.5. The van der Waals surface area contributed by atoms with Crippen LogP contribution in [0, 0.1) is 0 Å². The monoisotopic (exact) mass is 376 g/mol. The number of nitrogens with zero attached hydrogens (tertiary/aromatic N) is 2. The fourth-order valence-electron chi connectivity index (χ4n) is 4.29. The van der Waals surface area contributed by atoms with Crippen LogP contribution < -0.4 is 4.90 Å². The number of likely N-dealkylation sites (tertiary alicyclic amines) is 1. The summed E-state index contributed by atoms with van der Waals surface area (Å²) in [5.74, 6) is 0.332. The van der Waals surface area contributed by atoms with Gasteiger partial charge in [0.05, 0.1) is 0 Å². The molecule has 1 saturated heterocycles. The molecule has 0 bridgehead atoms. The van der Waals surface area contributed by atoms with Crippen LogP contribution in [0.4, 0.5) is 5.69 Å². The van der Waals surface area contributed by atoms with Gasteiger partial charge in [-0.3, -0.25) is 9.59 Å². The maximum Gasteiger partial charge on any atom is 0.253 e. The molecule has 0 aliphatic carbocycles. The second kappa shape index (κ2) is 8.17. The molecule has 2 aliphatic rings. The van der Waals surface area contributed by atoms with Gasteiger partial charge in [0, 0.05) is 37.3 Å². The van der Waals surface area contributed by atoms with Crippen molar-refractivity contribution in [1.82, 2.24) is 4.90 Å². The molecule has 0 radical (unpaired) electrons. The number of carbonyl (C=O) groups is 2. The molecule has 28 heavy (non-hydrogen) atoms. The van der Waals surface area contributed by atoms with E-state index in [1.54, 1.807) is 0 Å². The van der Waals surface area contributed by atoms with Crippen LogP contribution in [0.1, 0.15) is 54.9 Å². The van der Waals surface area contributed by atoms with Crippen LogP contribution in [-0.4, -0.2) is 36.3 Å². The maximum absolute atomic E-state index is 12.8. The van der Waals surface area contributed by atoms with Crippen molar-refractivity contribution >= 4 is 17.5 Å². The highest BCUT2D eigenvalue weighted by molar-refractivity contribution is 5.96. The van der Waals surface area contributed by atoms with Crippen molar-refractivity contribution in [2.75, 3.05) is 24.5 Å². The van der Waals surface area contributed by atoms with Crippen molar-refractivity contribution in [1.29, 1.82) is 0 Å². The van der Waals surface area contributed by atoms with E-state index in [1.165, 1.54) is 18.4 Å². The molecule has 4 nitrogen and oxygen atoms in total. The van der Waals surface area contributed by atoms with Gasteiger partial charge in [-0.2, -0.15) is 0 Å². The maximum atomic E-state index is 12.8. The highest BCUT2D eigenvalue weighted by atomic mass is 16.2. The molecule has 2 heterocycles. The highest BCUT2D eigenvalue weighted by Crippen LogP contribution is 2.33. The molecule has 2 aromatic rings. The van der Waals surface area contributed by atoms with Crippen LogP contribution in [0.3, 0.4) is 0 Å². The molecule has 4 rings (SSSR count). The Labute approximate surface area is 167 Å². The van der Waals surface area contributed by atoms with E-state index in [1.807, 2.05) is 41.0 Å². The second-order valence-corrected chi connectivity index (χ2v) is 7.78. The Hall–Kier alpha value is -2.62. The number of hydrogen-bond donors (Lipinski definition) is 0. The molecule has 0 N–H and O–H groups in total. The molecule has 146 valence electrons. The summed E-state index contributed by atoms with van der Waals surface area (Å²) in [5, 5.41) is 0. The number of carbonyl (C=O) groups excluding carboxylic acids is 2. The van der Waals surface area contributed by atoms with Gasteiger partial charge in [-0.1, -0.05) is 38.0 Å². The molecule has 0 atom stereocenters. The first-order valence-electron chi connectivity index (χ1n) is 10.5. The Morgan fingerprint density at radius 1 is 0.857 bits per heavy atom. The number of benzene rings is 2. The van der Waals surface area contributed by atoms with Gasteiger partial charge in [0.1, 0.15) is 0 Å². The lowest BCUT2D eigenvalue weighted by Gasteiger charge is -2.20. The van der Waals surface area contributed by atoms with Crippen molar-refractivity contribution in [3.63, 3.8) is 0 Å². The molecule has 0 saturated carbocycles. The van der Waals surface area contributed by atoms with Crippen LogP contribution in [0.25, 0.3) is 11.1 Å². The third-order valence-corrected chi connectivity index (χ3v) is 5.94. The number of hydrogen-bond acceptors (Lipinski definition) is 2.